The number of esters is 1. The van der Waals surface area contributed by atoms with Gasteiger partial charge in [0.1, 0.15) is 5.75 Å². The van der Waals surface area contributed by atoms with E-state index in [1.54, 1.807) is 43.3 Å². The maximum atomic E-state index is 13.3. The van der Waals surface area contributed by atoms with Crippen molar-refractivity contribution in [2.75, 3.05) is 13.7 Å². The Balaban J connectivity index is 1.99. The lowest BCUT2D eigenvalue weighted by atomic mass is 9.94. The van der Waals surface area contributed by atoms with Gasteiger partial charge in [0.15, 0.2) is 0 Å². The molecule has 0 aromatic heterocycles. The van der Waals surface area contributed by atoms with Crippen molar-refractivity contribution in [2.24, 2.45) is 0 Å². The van der Waals surface area contributed by atoms with Gasteiger partial charge in [0.05, 0.1) is 24.7 Å². The molecule has 1 atom stereocenters. The van der Waals surface area contributed by atoms with E-state index in [1.807, 2.05) is 0 Å². The first-order chi connectivity index (χ1) is 13.4. The van der Waals surface area contributed by atoms with E-state index in [2.05, 4.69) is 0 Å². The molecule has 3 rings (SSSR count). The third kappa shape index (κ3) is 4.00. The van der Waals surface area contributed by atoms with Crippen molar-refractivity contribution < 1.29 is 22.7 Å². The number of rotatable bonds is 6. The zero-order valence-electron chi connectivity index (χ0n) is 15.5. The number of halogens is 1. The molecule has 1 aliphatic heterocycles. The summed E-state index contributed by atoms with van der Waals surface area (Å²) < 4.78 is 37.8. The van der Waals surface area contributed by atoms with Crippen LogP contribution in [-0.4, -0.2) is 32.4 Å². The number of carbonyl (C=O) groups is 1. The fourth-order valence-corrected chi connectivity index (χ4v) is 4.82. The molecule has 148 valence electrons. The van der Waals surface area contributed by atoms with E-state index < -0.39 is 22.0 Å². The maximum Gasteiger partial charge on any atom is 0.332 e. The van der Waals surface area contributed by atoms with Gasteiger partial charge in [-0.1, -0.05) is 23.7 Å². The number of methoxy groups -OCH3 is 1. The Morgan fingerprint density at radius 2 is 1.82 bits per heavy atom. The molecule has 0 spiro atoms. The van der Waals surface area contributed by atoms with Gasteiger partial charge in [-0.3, -0.25) is 4.31 Å². The minimum Gasteiger partial charge on any atom is -0.497 e. The standard InChI is InChI=1S/C20H20ClNO5S/c1-3-27-20(23)13-16-12-19(14-4-6-15(21)7-5-14)22(16)28(24,25)18-10-8-17(26-2)9-11-18/h4-11,13,19H,3,12H2,1-2H3/b16-13-/t19-/m1/s1. The number of hydrogen-bond acceptors (Lipinski definition) is 5. The van der Waals surface area contributed by atoms with Crippen LogP contribution in [0, 0.1) is 0 Å². The van der Waals surface area contributed by atoms with Crippen molar-refractivity contribution in [1.29, 1.82) is 0 Å². The average Bonchev–Trinajstić information content (AvgIpc) is 2.65. The molecule has 1 fully saturated rings. The number of nitrogens with zero attached hydrogens (tertiary/aromatic N) is 1. The van der Waals surface area contributed by atoms with Gasteiger partial charge >= 0.3 is 5.97 Å². The number of benzene rings is 2. The van der Waals surface area contributed by atoms with Crippen molar-refractivity contribution in [3.05, 3.63) is 70.9 Å². The van der Waals surface area contributed by atoms with Crippen LogP contribution in [0.15, 0.2) is 65.2 Å². The molecule has 8 heteroatoms. The number of hydrogen-bond donors (Lipinski definition) is 0. The van der Waals surface area contributed by atoms with E-state index in [4.69, 9.17) is 21.1 Å². The predicted octanol–water partition coefficient (Wildman–Crippen LogP) is 3.93. The molecule has 0 amide bonds. The first-order valence-corrected chi connectivity index (χ1v) is 10.5. The summed E-state index contributed by atoms with van der Waals surface area (Å²) in [5.41, 5.74) is 1.18. The summed E-state index contributed by atoms with van der Waals surface area (Å²) in [6.45, 7) is 1.91. The van der Waals surface area contributed by atoms with Crippen LogP contribution in [0.5, 0.6) is 5.75 Å². The van der Waals surface area contributed by atoms with Gasteiger partial charge in [-0.25, -0.2) is 13.2 Å². The van der Waals surface area contributed by atoms with Gasteiger partial charge < -0.3 is 9.47 Å². The molecule has 1 heterocycles. The number of ether oxygens (including phenoxy) is 2. The average molecular weight is 422 g/mol. The van der Waals surface area contributed by atoms with Gasteiger partial charge in [0, 0.05) is 23.2 Å². The molecule has 0 radical (unpaired) electrons. The van der Waals surface area contributed by atoms with Crippen molar-refractivity contribution in [3.8, 4) is 5.75 Å². The fourth-order valence-electron chi connectivity index (χ4n) is 3.02. The minimum atomic E-state index is -3.88. The van der Waals surface area contributed by atoms with Crippen molar-refractivity contribution in [1.82, 2.24) is 4.31 Å². The van der Waals surface area contributed by atoms with E-state index in [0.29, 0.717) is 22.9 Å². The quantitative estimate of drug-likeness (QED) is 0.522. The van der Waals surface area contributed by atoms with Crippen LogP contribution in [0.2, 0.25) is 5.02 Å². The lowest BCUT2D eigenvalue weighted by molar-refractivity contribution is -0.137. The highest BCUT2D eigenvalue weighted by molar-refractivity contribution is 7.89. The van der Waals surface area contributed by atoms with Crippen LogP contribution in [-0.2, 0) is 19.6 Å². The summed E-state index contributed by atoms with van der Waals surface area (Å²) in [4.78, 5) is 12.0. The molecule has 0 bridgehead atoms. The molecule has 28 heavy (non-hydrogen) atoms. The molecule has 2 aromatic carbocycles. The lowest BCUT2D eigenvalue weighted by Gasteiger charge is -2.44. The molecule has 0 unspecified atom stereocenters. The maximum absolute atomic E-state index is 13.3. The number of carbonyl (C=O) groups excluding carboxylic acids is 1. The summed E-state index contributed by atoms with van der Waals surface area (Å²) in [6.07, 6.45) is 1.63. The van der Waals surface area contributed by atoms with Gasteiger partial charge in [-0.05, 0) is 48.9 Å². The minimum absolute atomic E-state index is 0.113. The summed E-state index contributed by atoms with van der Waals surface area (Å²) in [5, 5.41) is 0.565. The molecule has 2 aromatic rings. The normalized spacial score (nSPS) is 17.9. The second kappa shape index (κ2) is 8.24. The highest BCUT2D eigenvalue weighted by atomic mass is 35.5. The highest BCUT2D eigenvalue weighted by Crippen LogP contribution is 2.46. The first kappa shape index (κ1) is 20.2. The monoisotopic (exact) mass is 421 g/mol. The Kier molecular flexibility index (Phi) is 5.96. The van der Waals surface area contributed by atoms with Crippen LogP contribution < -0.4 is 4.74 Å². The van der Waals surface area contributed by atoms with Crippen molar-refractivity contribution in [3.63, 3.8) is 0 Å². The van der Waals surface area contributed by atoms with E-state index in [-0.39, 0.29) is 11.5 Å². The molecular weight excluding hydrogens is 402 g/mol. The van der Waals surface area contributed by atoms with E-state index in [9.17, 15) is 13.2 Å². The van der Waals surface area contributed by atoms with E-state index >= 15 is 0 Å². The van der Waals surface area contributed by atoms with E-state index in [1.165, 1.54) is 29.6 Å². The largest absolute Gasteiger partial charge is 0.497 e. The Morgan fingerprint density at radius 1 is 1.18 bits per heavy atom. The fraction of sp³-hybridized carbons (Fsp3) is 0.250. The molecule has 1 saturated heterocycles. The van der Waals surface area contributed by atoms with Crippen molar-refractivity contribution >= 4 is 27.6 Å². The van der Waals surface area contributed by atoms with Crippen LogP contribution in [0.25, 0.3) is 0 Å². The van der Waals surface area contributed by atoms with Crippen LogP contribution in [0.1, 0.15) is 24.9 Å². The molecular formula is C20H20ClNO5S. The van der Waals surface area contributed by atoms with Crippen LogP contribution in [0.4, 0.5) is 0 Å². The summed E-state index contributed by atoms with van der Waals surface area (Å²) in [6, 6.07) is 12.7. The van der Waals surface area contributed by atoms with Gasteiger partial charge in [-0.2, -0.15) is 0 Å². The van der Waals surface area contributed by atoms with Crippen molar-refractivity contribution in [2.45, 2.75) is 24.3 Å². The van der Waals surface area contributed by atoms with Crippen LogP contribution >= 0.6 is 11.6 Å². The second-order valence-corrected chi connectivity index (χ2v) is 8.39. The molecule has 6 nitrogen and oxygen atoms in total. The highest BCUT2D eigenvalue weighted by Gasteiger charge is 2.43. The van der Waals surface area contributed by atoms with Crippen LogP contribution in [0.3, 0.4) is 0 Å². The Labute approximate surface area is 169 Å². The Hall–Kier alpha value is -2.51. The predicted molar refractivity (Wildman–Crippen MR) is 106 cm³/mol. The summed E-state index contributed by atoms with van der Waals surface area (Å²) >= 11 is 5.94. The summed E-state index contributed by atoms with van der Waals surface area (Å²) in [7, 11) is -2.37. The molecule has 0 saturated carbocycles. The zero-order valence-corrected chi connectivity index (χ0v) is 17.0. The third-order valence-electron chi connectivity index (χ3n) is 4.41. The lowest BCUT2D eigenvalue weighted by Crippen LogP contribution is -2.43. The second-order valence-electron chi connectivity index (χ2n) is 6.14. The van der Waals surface area contributed by atoms with Gasteiger partial charge in [-0.15, -0.1) is 0 Å². The first-order valence-electron chi connectivity index (χ1n) is 8.68. The Bertz CT molecular complexity index is 984. The summed E-state index contributed by atoms with van der Waals surface area (Å²) in [5.74, 6) is -0.0129. The Morgan fingerprint density at radius 3 is 2.39 bits per heavy atom. The van der Waals surface area contributed by atoms with Gasteiger partial charge in [0.25, 0.3) is 10.0 Å². The number of sulfonamides is 1. The zero-order chi connectivity index (χ0) is 20.3. The smallest absolute Gasteiger partial charge is 0.332 e. The third-order valence-corrected chi connectivity index (χ3v) is 6.54. The SMILES string of the molecule is CCOC(=O)/C=C1/C[C@H](c2ccc(Cl)cc2)N1S(=O)(=O)c1ccc(OC)cc1. The van der Waals surface area contributed by atoms with E-state index in [0.717, 1.165) is 5.56 Å². The molecule has 0 aliphatic carbocycles. The molecule has 0 N–H and O–H groups in total. The molecule has 1 aliphatic rings. The topological polar surface area (TPSA) is 72.9 Å². The van der Waals surface area contributed by atoms with Gasteiger partial charge in [0.2, 0.25) is 0 Å².